The van der Waals surface area contributed by atoms with E-state index < -0.39 is 0 Å². The molecule has 0 spiro atoms. The predicted octanol–water partition coefficient (Wildman–Crippen LogP) is 2.84. The molecule has 1 N–H and O–H groups in total. The molecular formula is C16H21NO3S. The molecule has 2 aliphatic rings. The number of aryl methyl sites for hydroxylation is 1. The lowest BCUT2D eigenvalue weighted by atomic mass is 9.96. The first kappa shape index (κ1) is 14.6. The lowest BCUT2D eigenvalue weighted by Crippen LogP contribution is -2.35. The molecule has 1 heterocycles. The topological polar surface area (TPSA) is 55.4 Å². The smallest absolute Gasteiger partial charge is 0.339 e. The van der Waals surface area contributed by atoms with E-state index in [9.17, 15) is 9.59 Å². The lowest BCUT2D eigenvalue weighted by Gasteiger charge is -2.13. The summed E-state index contributed by atoms with van der Waals surface area (Å²) in [4.78, 5) is 25.2. The summed E-state index contributed by atoms with van der Waals surface area (Å²) < 4.78 is 5.18. The highest BCUT2D eigenvalue weighted by Gasteiger charge is 2.22. The van der Waals surface area contributed by atoms with Gasteiger partial charge < -0.3 is 10.1 Å². The van der Waals surface area contributed by atoms with Gasteiger partial charge in [-0.1, -0.05) is 12.8 Å². The number of carbonyl (C=O) groups is 2. The first-order valence-corrected chi connectivity index (χ1v) is 8.68. The van der Waals surface area contributed by atoms with Gasteiger partial charge in [0.2, 0.25) is 0 Å². The molecule has 1 amide bonds. The summed E-state index contributed by atoms with van der Waals surface area (Å²) >= 11 is 1.64. The fourth-order valence-electron chi connectivity index (χ4n) is 3.21. The summed E-state index contributed by atoms with van der Waals surface area (Å²) in [5.41, 5.74) is 1.82. The molecule has 0 aliphatic heterocycles. The molecule has 1 fully saturated rings. The molecular weight excluding hydrogens is 286 g/mol. The van der Waals surface area contributed by atoms with Crippen LogP contribution in [0.4, 0.5) is 0 Å². The van der Waals surface area contributed by atoms with Crippen LogP contribution < -0.4 is 5.32 Å². The molecule has 0 unspecified atom stereocenters. The third kappa shape index (κ3) is 3.46. The summed E-state index contributed by atoms with van der Waals surface area (Å²) in [5, 5.41) is 4.81. The van der Waals surface area contributed by atoms with Gasteiger partial charge in [-0.05, 0) is 44.1 Å². The van der Waals surface area contributed by atoms with Crippen molar-refractivity contribution in [1.29, 1.82) is 0 Å². The van der Waals surface area contributed by atoms with Crippen LogP contribution in [0.1, 0.15) is 59.3 Å². The maximum Gasteiger partial charge on any atom is 0.339 e. The Labute approximate surface area is 128 Å². The number of thiophene rings is 1. The molecule has 1 aromatic heterocycles. The third-order valence-electron chi connectivity index (χ3n) is 4.34. The largest absolute Gasteiger partial charge is 0.452 e. The van der Waals surface area contributed by atoms with E-state index in [-0.39, 0.29) is 24.5 Å². The molecule has 0 bridgehead atoms. The lowest BCUT2D eigenvalue weighted by molar-refractivity contribution is -0.124. The summed E-state index contributed by atoms with van der Waals surface area (Å²) in [5.74, 6) is -0.532. The minimum Gasteiger partial charge on any atom is -0.452 e. The van der Waals surface area contributed by atoms with E-state index in [4.69, 9.17) is 4.74 Å². The minimum absolute atomic E-state index is 0.167. The number of ether oxygens (including phenoxy) is 1. The number of rotatable bonds is 4. The van der Waals surface area contributed by atoms with Gasteiger partial charge in [0.05, 0.1) is 5.56 Å². The number of nitrogens with one attached hydrogen (secondary N) is 1. The average molecular weight is 307 g/mol. The van der Waals surface area contributed by atoms with Crippen LogP contribution in [0, 0.1) is 0 Å². The highest BCUT2D eigenvalue weighted by molar-refractivity contribution is 7.10. The Morgan fingerprint density at radius 1 is 1.19 bits per heavy atom. The van der Waals surface area contributed by atoms with Crippen LogP contribution in [0.3, 0.4) is 0 Å². The monoisotopic (exact) mass is 307 g/mol. The van der Waals surface area contributed by atoms with Crippen LogP contribution in [-0.4, -0.2) is 24.5 Å². The second-order valence-corrected chi connectivity index (χ2v) is 6.85. The number of fused-ring (bicyclic) bond motifs is 1. The normalized spacial score (nSPS) is 18.3. The zero-order valence-corrected chi connectivity index (χ0v) is 13.0. The third-order valence-corrected chi connectivity index (χ3v) is 5.42. The molecule has 1 saturated carbocycles. The summed E-state index contributed by atoms with van der Waals surface area (Å²) in [7, 11) is 0. The van der Waals surface area contributed by atoms with E-state index in [2.05, 4.69) is 5.32 Å². The van der Waals surface area contributed by atoms with Crippen molar-refractivity contribution in [2.75, 3.05) is 6.61 Å². The fraction of sp³-hybridized carbons (Fsp3) is 0.625. The van der Waals surface area contributed by atoms with Crippen molar-refractivity contribution in [2.24, 2.45) is 0 Å². The number of hydrogen-bond donors (Lipinski definition) is 1. The van der Waals surface area contributed by atoms with Crippen molar-refractivity contribution in [3.05, 3.63) is 21.4 Å². The van der Waals surface area contributed by atoms with Crippen molar-refractivity contribution in [1.82, 2.24) is 5.32 Å². The summed E-state index contributed by atoms with van der Waals surface area (Å²) in [6.45, 7) is -0.167. The van der Waals surface area contributed by atoms with Gasteiger partial charge in [0.1, 0.15) is 0 Å². The van der Waals surface area contributed by atoms with E-state index in [1.807, 2.05) is 5.38 Å². The Balaban J connectivity index is 1.52. The van der Waals surface area contributed by atoms with Crippen LogP contribution in [0.25, 0.3) is 0 Å². The van der Waals surface area contributed by atoms with Crippen molar-refractivity contribution in [3.8, 4) is 0 Å². The first-order valence-electron chi connectivity index (χ1n) is 7.80. The molecule has 4 nitrogen and oxygen atoms in total. The van der Waals surface area contributed by atoms with Gasteiger partial charge in [0.25, 0.3) is 5.91 Å². The van der Waals surface area contributed by atoms with E-state index in [1.165, 1.54) is 24.1 Å². The van der Waals surface area contributed by atoms with Crippen molar-refractivity contribution >= 4 is 23.2 Å². The minimum atomic E-state index is -0.351. The van der Waals surface area contributed by atoms with Crippen molar-refractivity contribution in [2.45, 2.75) is 57.4 Å². The SMILES string of the molecule is O=C(COC(=O)c1csc2c1CCCC2)NC1CCCC1. The highest BCUT2D eigenvalue weighted by atomic mass is 32.1. The van der Waals surface area contributed by atoms with E-state index >= 15 is 0 Å². The molecule has 1 aromatic rings. The average Bonchev–Trinajstić information content (AvgIpc) is 3.13. The molecule has 0 saturated heterocycles. The van der Waals surface area contributed by atoms with Gasteiger partial charge in [-0.2, -0.15) is 0 Å². The molecule has 0 aromatic carbocycles. The van der Waals surface area contributed by atoms with Gasteiger partial charge in [-0.15, -0.1) is 11.3 Å². The Hall–Kier alpha value is -1.36. The van der Waals surface area contributed by atoms with Crippen molar-refractivity contribution < 1.29 is 14.3 Å². The van der Waals surface area contributed by atoms with E-state index in [1.54, 1.807) is 11.3 Å². The van der Waals surface area contributed by atoms with Gasteiger partial charge in [0, 0.05) is 16.3 Å². The summed E-state index contributed by atoms with van der Waals surface area (Å²) in [6, 6.07) is 0.269. The maximum atomic E-state index is 12.1. The van der Waals surface area contributed by atoms with Gasteiger partial charge in [0.15, 0.2) is 6.61 Å². The van der Waals surface area contributed by atoms with Crippen LogP contribution >= 0.6 is 11.3 Å². The van der Waals surface area contributed by atoms with Crippen LogP contribution in [0.2, 0.25) is 0 Å². The molecule has 3 rings (SSSR count). The fourth-order valence-corrected chi connectivity index (χ4v) is 4.33. The summed E-state index contributed by atoms with van der Waals surface area (Å²) in [6.07, 6.45) is 8.78. The number of amides is 1. The van der Waals surface area contributed by atoms with Gasteiger partial charge >= 0.3 is 5.97 Å². The second kappa shape index (κ2) is 6.60. The molecule has 2 aliphatic carbocycles. The first-order chi connectivity index (χ1) is 10.2. The predicted molar refractivity (Wildman–Crippen MR) is 81.6 cm³/mol. The van der Waals surface area contributed by atoms with Crippen LogP contribution in [0.5, 0.6) is 0 Å². The molecule has 21 heavy (non-hydrogen) atoms. The van der Waals surface area contributed by atoms with Gasteiger partial charge in [-0.25, -0.2) is 4.79 Å². The maximum absolute atomic E-state index is 12.1. The van der Waals surface area contributed by atoms with E-state index in [0.29, 0.717) is 5.56 Å². The molecule has 0 radical (unpaired) electrons. The van der Waals surface area contributed by atoms with Crippen LogP contribution in [0.15, 0.2) is 5.38 Å². The Bertz CT molecular complexity index is 532. The standard InChI is InChI=1S/C16H21NO3S/c18-15(17-11-5-1-2-6-11)9-20-16(19)13-10-21-14-8-4-3-7-12(13)14/h10-11H,1-9H2,(H,17,18). The number of hydrogen-bond acceptors (Lipinski definition) is 4. The van der Waals surface area contributed by atoms with Gasteiger partial charge in [-0.3, -0.25) is 4.79 Å². The second-order valence-electron chi connectivity index (χ2n) is 5.88. The highest BCUT2D eigenvalue weighted by Crippen LogP contribution is 2.30. The van der Waals surface area contributed by atoms with Crippen LogP contribution in [-0.2, 0) is 22.4 Å². The number of carbonyl (C=O) groups excluding carboxylic acids is 2. The van der Waals surface area contributed by atoms with E-state index in [0.717, 1.165) is 37.7 Å². The van der Waals surface area contributed by atoms with Crippen molar-refractivity contribution in [3.63, 3.8) is 0 Å². The molecule has 0 atom stereocenters. The quantitative estimate of drug-likeness (QED) is 0.870. The Morgan fingerprint density at radius 2 is 1.95 bits per heavy atom. The number of esters is 1. The Morgan fingerprint density at radius 3 is 2.76 bits per heavy atom. The zero-order chi connectivity index (χ0) is 14.7. The molecule has 5 heteroatoms. The molecule has 114 valence electrons. The zero-order valence-electron chi connectivity index (χ0n) is 12.2. The Kier molecular flexibility index (Phi) is 4.58.